The standard InChI is InChI=1S/C13H26N4/c1-4-5-12-15-13(17-16-12)7-6-11(8-9-14)10(2)3/h10-11H,4-9,14H2,1-3H3,(H,15,16,17). The Balaban J connectivity index is 2.41. The summed E-state index contributed by atoms with van der Waals surface area (Å²) in [5, 5.41) is 7.26. The molecule has 1 atom stereocenters. The molecular formula is C13H26N4. The van der Waals surface area contributed by atoms with Gasteiger partial charge < -0.3 is 5.73 Å². The first-order chi connectivity index (χ1) is 8.17. The quantitative estimate of drug-likeness (QED) is 0.730. The number of aromatic amines is 1. The van der Waals surface area contributed by atoms with Crippen molar-refractivity contribution >= 4 is 0 Å². The average molecular weight is 238 g/mol. The van der Waals surface area contributed by atoms with E-state index in [1.54, 1.807) is 0 Å². The van der Waals surface area contributed by atoms with Gasteiger partial charge in [-0.25, -0.2) is 4.98 Å². The SMILES string of the molecule is CCCc1nc(CCC(CCN)C(C)C)n[nH]1. The molecule has 0 bridgehead atoms. The Morgan fingerprint density at radius 3 is 2.59 bits per heavy atom. The first-order valence-electron chi connectivity index (χ1n) is 6.77. The number of aryl methyl sites for hydroxylation is 2. The maximum Gasteiger partial charge on any atom is 0.150 e. The van der Waals surface area contributed by atoms with E-state index >= 15 is 0 Å². The van der Waals surface area contributed by atoms with Crippen LogP contribution in [-0.4, -0.2) is 21.7 Å². The Morgan fingerprint density at radius 1 is 1.24 bits per heavy atom. The van der Waals surface area contributed by atoms with E-state index in [0.717, 1.165) is 50.3 Å². The molecule has 0 saturated carbocycles. The lowest BCUT2D eigenvalue weighted by molar-refractivity contribution is 0.339. The Labute approximate surface area is 104 Å². The molecule has 0 aromatic carbocycles. The lowest BCUT2D eigenvalue weighted by Crippen LogP contribution is -2.15. The summed E-state index contributed by atoms with van der Waals surface area (Å²) >= 11 is 0. The summed E-state index contributed by atoms with van der Waals surface area (Å²) in [6.45, 7) is 7.46. The van der Waals surface area contributed by atoms with Crippen LogP contribution in [0.25, 0.3) is 0 Å². The molecule has 1 aromatic heterocycles. The van der Waals surface area contributed by atoms with Crippen molar-refractivity contribution in [3.63, 3.8) is 0 Å². The molecule has 0 saturated heterocycles. The topological polar surface area (TPSA) is 67.6 Å². The third kappa shape index (κ3) is 4.86. The number of nitrogens with two attached hydrogens (primary N) is 1. The van der Waals surface area contributed by atoms with Crippen molar-refractivity contribution in [3.05, 3.63) is 11.6 Å². The molecule has 1 aromatic rings. The van der Waals surface area contributed by atoms with Crippen LogP contribution in [0.3, 0.4) is 0 Å². The van der Waals surface area contributed by atoms with Gasteiger partial charge in [-0.15, -0.1) is 0 Å². The number of H-pyrrole nitrogens is 1. The van der Waals surface area contributed by atoms with E-state index < -0.39 is 0 Å². The van der Waals surface area contributed by atoms with Crippen molar-refractivity contribution in [2.24, 2.45) is 17.6 Å². The minimum absolute atomic E-state index is 0.688. The highest BCUT2D eigenvalue weighted by Gasteiger charge is 2.13. The maximum atomic E-state index is 5.64. The lowest BCUT2D eigenvalue weighted by atomic mass is 9.88. The second kappa shape index (κ2) is 7.43. The molecule has 0 aliphatic rings. The lowest BCUT2D eigenvalue weighted by Gasteiger charge is -2.19. The highest BCUT2D eigenvalue weighted by atomic mass is 15.2. The van der Waals surface area contributed by atoms with Crippen LogP contribution >= 0.6 is 0 Å². The third-order valence-electron chi connectivity index (χ3n) is 3.28. The molecule has 0 spiro atoms. The summed E-state index contributed by atoms with van der Waals surface area (Å²) in [7, 11) is 0. The average Bonchev–Trinajstić information content (AvgIpc) is 2.72. The third-order valence-corrected chi connectivity index (χ3v) is 3.28. The van der Waals surface area contributed by atoms with Crippen LogP contribution in [0, 0.1) is 11.8 Å². The van der Waals surface area contributed by atoms with Gasteiger partial charge in [-0.05, 0) is 37.6 Å². The van der Waals surface area contributed by atoms with Crippen LogP contribution in [0.1, 0.15) is 51.7 Å². The van der Waals surface area contributed by atoms with Crippen LogP contribution in [0.4, 0.5) is 0 Å². The van der Waals surface area contributed by atoms with Crippen molar-refractivity contribution < 1.29 is 0 Å². The maximum absolute atomic E-state index is 5.64. The predicted octanol–water partition coefficient (Wildman–Crippen LogP) is 2.31. The normalized spacial score (nSPS) is 13.2. The molecule has 1 heterocycles. The number of hydrogen-bond acceptors (Lipinski definition) is 3. The van der Waals surface area contributed by atoms with Gasteiger partial charge in [0.15, 0.2) is 5.82 Å². The van der Waals surface area contributed by atoms with Gasteiger partial charge in [-0.1, -0.05) is 20.8 Å². The van der Waals surface area contributed by atoms with E-state index in [1.807, 2.05) is 0 Å². The molecule has 1 unspecified atom stereocenters. The van der Waals surface area contributed by atoms with Crippen molar-refractivity contribution in [2.45, 2.75) is 52.9 Å². The summed E-state index contributed by atoms with van der Waals surface area (Å²) < 4.78 is 0. The molecule has 17 heavy (non-hydrogen) atoms. The van der Waals surface area contributed by atoms with Crippen molar-refractivity contribution in [1.82, 2.24) is 15.2 Å². The fourth-order valence-electron chi connectivity index (χ4n) is 2.13. The van der Waals surface area contributed by atoms with Crippen molar-refractivity contribution in [3.8, 4) is 0 Å². The zero-order chi connectivity index (χ0) is 12.7. The molecule has 0 fully saturated rings. The summed E-state index contributed by atoms with van der Waals surface area (Å²) in [5.41, 5.74) is 5.64. The van der Waals surface area contributed by atoms with E-state index in [0.29, 0.717) is 11.8 Å². The van der Waals surface area contributed by atoms with Crippen LogP contribution in [0.15, 0.2) is 0 Å². The zero-order valence-corrected chi connectivity index (χ0v) is 11.4. The molecule has 0 aliphatic heterocycles. The van der Waals surface area contributed by atoms with Gasteiger partial charge in [-0.2, -0.15) is 5.10 Å². The zero-order valence-electron chi connectivity index (χ0n) is 11.4. The van der Waals surface area contributed by atoms with Gasteiger partial charge in [-0.3, -0.25) is 5.10 Å². The highest BCUT2D eigenvalue weighted by Crippen LogP contribution is 2.20. The Kier molecular flexibility index (Phi) is 6.19. The summed E-state index contributed by atoms with van der Waals surface area (Å²) in [6, 6.07) is 0. The van der Waals surface area contributed by atoms with Crippen LogP contribution in [0.2, 0.25) is 0 Å². The number of nitrogens with zero attached hydrogens (tertiary/aromatic N) is 2. The van der Waals surface area contributed by atoms with Gasteiger partial charge in [0.05, 0.1) is 0 Å². The van der Waals surface area contributed by atoms with E-state index in [2.05, 4.69) is 36.0 Å². The van der Waals surface area contributed by atoms with E-state index in [1.165, 1.54) is 0 Å². The number of nitrogens with one attached hydrogen (secondary N) is 1. The van der Waals surface area contributed by atoms with Gasteiger partial charge in [0, 0.05) is 12.8 Å². The van der Waals surface area contributed by atoms with E-state index in [4.69, 9.17) is 5.73 Å². The fourth-order valence-corrected chi connectivity index (χ4v) is 2.13. The first-order valence-corrected chi connectivity index (χ1v) is 6.77. The summed E-state index contributed by atoms with van der Waals surface area (Å²) in [6.07, 6.45) is 5.30. The minimum Gasteiger partial charge on any atom is -0.330 e. The van der Waals surface area contributed by atoms with Gasteiger partial charge in [0.1, 0.15) is 5.82 Å². The van der Waals surface area contributed by atoms with E-state index in [9.17, 15) is 0 Å². The second-order valence-corrected chi connectivity index (χ2v) is 5.07. The van der Waals surface area contributed by atoms with Gasteiger partial charge in [0.2, 0.25) is 0 Å². The van der Waals surface area contributed by atoms with Gasteiger partial charge in [0.25, 0.3) is 0 Å². The van der Waals surface area contributed by atoms with Crippen LogP contribution in [-0.2, 0) is 12.8 Å². The molecule has 3 N–H and O–H groups in total. The number of hydrogen-bond donors (Lipinski definition) is 2. The highest BCUT2D eigenvalue weighted by molar-refractivity contribution is 4.91. The van der Waals surface area contributed by atoms with Gasteiger partial charge >= 0.3 is 0 Å². The smallest absolute Gasteiger partial charge is 0.150 e. The van der Waals surface area contributed by atoms with Crippen molar-refractivity contribution in [2.75, 3.05) is 6.54 Å². The largest absolute Gasteiger partial charge is 0.330 e. The molecule has 1 rings (SSSR count). The summed E-state index contributed by atoms with van der Waals surface area (Å²) in [5.74, 6) is 3.35. The Bertz CT molecular complexity index is 306. The minimum atomic E-state index is 0.688. The van der Waals surface area contributed by atoms with Crippen LogP contribution in [0.5, 0.6) is 0 Å². The molecule has 0 radical (unpaired) electrons. The Hall–Kier alpha value is -0.900. The number of aromatic nitrogens is 3. The molecule has 98 valence electrons. The molecule has 0 amide bonds. The Morgan fingerprint density at radius 2 is 2.00 bits per heavy atom. The predicted molar refractivity (Wildman–Crippen MR) is 70.7 cm³/mol. The molecular weight excluding hydrogens is 212 g/mol. The monoisotopic (exact) mass is 238 g/mol. The van der Waals surface area contributed by atoms with Crippen molar-refractivity contribution in [1.29, 1.82) is 0 Å². The molecule has 4 nitrogen and oxygen atoms in total. The number of rotatable bonds is 8. The fraction of sp³-hybridized carbons (Fsp3) is 0.846. The summed E-state index contributed by atoms with van der Waals surface area (Å²) in [4.78, 5) is 4.49. The first kappa shape index (κ1) is 14.2. The van der Waals surface area contributed by atoms with Crippen LogP contribution < -0.4 is 5.73 Å². The van der Waals surface area contributed by atoms with E-state index in [-0.39, 0.29) is 0 Å². The molecule has 0 aliphatic carbocycles. The second-order valence-electron chi connectivity index (χ2n) is 5.07. The molecule has 4 heteroatoms.